The number of halogens is 1. The van der Waals surface area contributed by atoms with Crippen molar-refractivity contribution in [2.45, 2.75) is 26.5 Å². The molecule has 4 rings (SSSR count). The van der Waals surface area contributed by atoms with Gasteiger partial charge in [0.2, 0.25) is 0 Å². The molecular weight excluding hydrogens is 564 g/mol. The molecule has 3 aromatic carbocycles. The summed E-state index contributed by atoms with van der Waals surface area (Å²) >= 11 is 11.5. The maximum atomic E-state index is 12.7. The molecule has 1 heterocycles. The third-order valence-corrected chi connectivity index (χ3v) is 6.56. The first kappa shape index (κ1) is 29.6. The molecule has 3 aromatic rings. The maximum Gasteiger partial charge on any atom is 0.338 e. The van der Waals surface area contributed by atoms with Crippen LogP contribution in [-0.2, 0) is 20.9 Å². The summed E-state index contributed by atoms with van der Waals surface area (Å²) in [6, 6.07) is 21.2. The third kappa shape index (κ3) is 8.06. The average molecular weight is 593 g/mol. The van der Waals surface area contributed by atoms with Crippen LogP contribution in [0.25, 0.3) is 0 Å². The number of benzene rings is 3. The minimum absolute atomic E-state index is 0.228. The van der Waals surface area contributed by atoms with Gasteiger partial charge in [-0.1, -0.05) is 60.1 Å². The first-order chi connectivity index (χ1) is 19.9. The molecule has 41 heavy (non-hydrogen) atoms. The Bertz CT molecular complexity index is 1490. The summed E-state index contributed by atoms with van der Waals surface area (Å²) in [6.45, 7) is 3.74. The van der Waals surface area contributed by atoms with Gasteiger partial charge in [-0.3, -0.25) is 4.79 Å². The number of nitrogens with one attached hydrogen (secondary N) is 3. The predicted octanol–water partition coefficient (Wildman–Crippen LogP) is 4.80. The second-order valence-electron chi connectivity index (χ2n) is 8.86. The van der Waals surface area contributed by atoms with Crippen LogP contribution in [0.1, 0.15) is 36.6 Å². The summed E-state index contributed by atoms with van der Waals surface area (Å²) in [5, 5.41) is 11.1. The Hall–Kier alpha value is -4.41. The smallest absolute Gasteiger partial charge is 0.338 e. The summed E-state index contributed by atoms with van der Waals surface area (Å²) in [6.07, 6.45) is 1.51. The van der Waals surface area contributed by atoms with Crippen molar-refractivity contribution in [3.63, 3.8) is 0 Å². The second-order valence-corrected chi connectivity index (χ2v) is 9.68. The molecular formula is C30H29ClN4O5S. The van der Waals surface area contributed by atoms with Gasteiger partial charge in [0.05, 0.1) is 24.4 Å². The zero-order valence-corrected chi connectivity index (χ0v) is 24.1. The van der Waals surface area contributed by atoms with E-state index in [0.717, 1.165) is 11.1 Å². The van der Waals surface area contributed by atoms with Crippen LogP contribution >= 0.6 is 23.8 Å². The number of rotatable bonds is 11. The molecule has 1 aliphatic rings. The predicted molar refractivity (Wildman–Crippen MR) is 161 cm³/mol. The lowest BCUT2D eigenvalue weighted by atomic mass is 9.95. The molecule has 1 aliphatic heterocycles. The summed E-state index contributed by atoms with van der Waals surface area (Å²) < 4.78 is 16.9. The Morgan fingerprint density at radius 3 is 2.66 bits per heavy atom. The molecule has 0 aliphatic carbocycles. The quantitative estimate of drug-likeness (QED) is 0.126. The fraction of sp³-hybridized carbons (Fsp3) is 0.200. The first-order valence-corrected chi connectivity index (χ1v) is 13.6. The zero-order chi connectivity index (χ0) is 29.2. The van der Waals surface area contributed by atoms with Crippen LogP contribution in [0.15, 0.2) is 89.2 Å². The van der Waals surface area contributed by atoms with Crippen molar-refractivity contribution in [1.29, 1.82) is 0 Å². The minimum atomic E-state index is -0.618. The van der Waals surface area contributed by atoms with Gasteiger partial charge in [-0.25, -0.2) is 10.2 Å². The number of hydrogen-bond acceptors (Lipinski definition) is 7. The Balaban J connectivity index is 1.36. The third-order valence-electron chi connectivity index (χ3n) is 5.97. The van der Waals surface area contributed by atoms with Crippen LogP contribution in [0.3, 0.4) is 0 Å². The van der Waals surface area contributed by atoms with Gasteiger partial charge in [0.25, 0.3) is 5.91 Å². The number of hydrogen-bond donors (Lipinski definition) is 3. The maximum absolute atomic E-state index is 12.7. The number of hydrazone groups is 1. The molecule has 0 radical (unpaired) electrons. The number of amides is 1. The van der Waals surface area contributed by atoms with Gasteiger partial charge in [-0.2, -0.15) is 5.10 Å². The van der Waals surface area contributed by atoms with Gasteiger partial charge in [-0.05, 0) is 55.9 Å². The summed E-state index contributed by atoms with van der Waals surface area (Å²) in [5.41, 5.74) is 5.66. The van der Waals surface area contributed by atoms with Gasteiger partial charge in [0.1, 0.15) is 18.1 Å². The zero-order valence-electron chi connectivity index (χ0n) is 22.5. The lowest BCUT2D eigenvalue weighted by Crippen LogP contribution is -2.45. The fourth-order valence-corrected chi connectivity index (χ4v) is 4.53. The normalized spacial score (nSPS) is 14.7. The van der Waals surface area contributed by atoms with Crippen LogP contribution < -0.4 is 25.5 Å². The van der Waals surface area contributed by atoms with E-state index >= 15 is 0 Å². The highest BCUT2D eigenvalue weighted by Gasteiger charge is 2.32. The molecule has 3 N–H and O–H groups in total. The van der Waals surface area contributed by atoms with Crippen molar-refractivity contribution in [3.05, 3.63) is 106 Å². The minimum Gasteiger partial charge on any atom is -0.489 e. The van der Waals surface area contributed by atoms with Crippen molar-refractivity contribution in [2.24, 2.45) is 5.10 Å². The van der Waals surface area contributed by atoms with E-state index < -0.39 is 17.9 Å². The lowest BCUT2D eigenvalue weighted by Gasteiger charge is -2.30. The van der Waals surface area contributed by atoms with Gasteiger partial charge >= 0.3 is 5.97 Å². The number of allylic oxidation sites excluding steroid dienone is 1. The first-order valence-electron chi connectivity index (χ1n) is 12.8. The summed E-state index contributed by atoms with van der Waals surface area (Å²) in [7, 11) is 0. The Kier molecular flexibility index (Phi) is 10.3. The number of thiocarbonyl (C=S) groups is 1. The van der Waals surface area contributed by atoms with E-state index in [-0.39, 0.29) is 13.2 Å². The van der Waals surface area contributed by atoms with Gasteiger partial charge in [0.15, 0.2) is 11.7 Å². The van der Waals surface area contributed by atoms with Gasteiger partial charge < -0.3 is 24.8 Å². The molecule has 0 spiro atoms. The van der Waals surface area contributed by atoms with Crippen molar-refractivity contribution in [3.8, 4) is 11.5 Å². The molecule has 11 heteroatoms. The standard InChI is InChI=1S/C30H29ClN4O5S/c1-3-38-29(37)27-19(2)33-30(41)34-28(27)23-12-5-7-14-25(23)40-18-26(36)35-32-16-20-9-8-11-22(15-20)39-17-21-10-4-6-13-24(21)31/h4-16,28H,3,17-18H2,1-2H3,(H,35,36)(H2,33,34,41)/t28-/m1/s1. The number of ether oxygens (including phenoxy) is 3. The van der Waals surface area contributed by atoms with Gasteiger partial charge in [-0.15, -0.1) is 0 Å². The number of carbonyl (C=O) groups is 2. The number of esters is 1. The van der Waals surface area contributed by atoms with Crippen molar-refractivity contribution in [2.75, 3.05) is 13.2 Å². The number of carbonyl (C=O) groups excluding carboxylic acids is 2. The van der Waals surface area contributed by atoms with Crippen molar-refractivity contribution in [1.82, 2.24) is 16.1 Å². The molecule has 1 atom stereocenters. The highest BCUT2D eigenvalue weighted by molar-refractivity contribution is 7.80. The van der Waals surface area contributed by atoms with Crippen molar-refractivity contribution >= 4 is 47.0 Å². The highest BCUT2D eigenvalue weighted by Crippen LogP contribution is 2.33. The van der Waals surface area contributed by atoms with E-state index in [1.54, 1.807) is 38.1 Å². The molecule has 212 valence electrons. The topological polar surface area (TPSA) is 110 Å². The van der Waals surface area contributed by atoms with Crippen LogP contribution in [0, 0.1) is 0 Å². The molecule has 1 amide bonds. The summed E-state index contributed by atoms with van der Waals surface area (Å²) in [4.78, 5) is 25.2. The summed E-state index contributed by atoms with van der Waals surface area (Å²) in [5.74, 6) is 0.107. The Labute approximate surface area is 248 Å². The van der Waals surface area contributed by atoms with Crippen LogP contribution in [0.4, 0.5) is 0 Å². The lowest BCUT2D eigenvalue weighted by molar-refractivity contribution is -0.139. The SMILES string of the molecule is CCOC(=O)C1=C(C)NC(=S)N[C@@H]1c1ccccc1OCC(=O)NN=Cc1cccc(OCc2ccccc2Cl)c1. The van der Waals surface area contributed by atoms with Crippen LogP contribution in [-0.4, -0.2) is 36.4 Å². The van der Waals surface area contributed by atoms with E-state index in [0.29, 0.717) is 45.1 Å². The molecule has 0 saturated heterocycles. The average Bonchev–Trinajstić information content (AvgIpc) is 2.96. The highest BCUT2D eigenvalue weighted by atomic mass is 35.5. The largest absolute Gasteiger partial charge is 0.489 e. The van der Waals surface area contributed by atoms with E-state index in [1.165, 1.54) is 6.21 Å². The van der Waals surface area contributed by atoms with E-state index in [1.807, 2.05) is 48.5 Å². The Morgan fingerprint density at radius 1 is 1.07 bits per heavy atom. The second kappa shape index (κ2) is 14.3. The molecule has 0 fully saturated rings. The van der Waals surface area contributed by atoms with Crippen molar-refractivity contribution < 1.29 is 23.8 Å². The van der Waals surface area contributed by atoms with E-state index in [9.17, 15) is 9.59 Å². The van der Waals surface area contributed by atoms with Crippen LogP contribution in [0.5, 0.6) is 11.5 Å². The van der Waals surface area contributed by atoms with E-state index in [4.69, 9.17) is 38.0 Å². The van der Waals surface area contributed by atoms with Gasteiger partial charge in [0, 0.05) is 21.8 Å². The molecule has 9 nitrogen and oxygen atoms in total. The monoisotopic (exact) mass is 592 g/mol. The fourth-order valence-electron chi connectivity index (χ4n) is 4.07. The van der Waals surface area contributed by atoms with Crippen LogP contribution in [0.2, 0.25) is 5.02 Å². The molecule has 0 unspecified atom stereocenters. The number of nitrogens with zero attached hydrogens (tertiary/aromatic N) is 1. The molecule has 0 saturated carbocycles. The number of para-hydroxylation sites is 1. The molecule has 0 aromatic heterocycles. The Morgan fingerprint density at radius 2 is 1.85 bits per heavy atom. The van der Waals surface area contributed by atoms with E-state index in [2.05, 4.69) is 21.2 Å². The molecule has 0 bridgehead atoms.